The first-order valence-electron chi connectivity index (χ1n) is 6.30. The van der Waals surface area contributed by atoms with Gasteiger partial charge in [0.2, 0.25) is 0 Å². The van der Waals surface area contributed by atoms with Crippen LogP contribution in [-0.2, 0) is 7.05 Å². The van der Waals surface area contributed by atoms with Gasteiger partial charge in [0.1, 0.15) is 11.3 Å². The number of aryl methyl sites for hydroxylation is 2. The number of rotatable bonds is 1. The molecule has 0 amide bonds. The van der Waals surface area contributed by atoms with Crippen LogP contribution in [0, 0.1) is 12.7 Å². The molecule has 17 heavy (non-hydrogen) atoms. The van der Waals surface area contributed by atoms with Gasteiger partial charge in [-0.2, -0.15) is 0 Å². The average molecular weight is 234 g/mol. The molecule has 0 saturated heterocycles. The van der Waals surface area contributed by atoms with Crippen LogP contribution in [0.1, 0.15) is 44.0 Å². The van der Waals surface area contributed by atoms with Crippen LogP contribution >= 0.6 is 0 Å². The predicted octanol–water partition coefficient (Wildman–Crippen LogP) is 3.92. The second-order valence-corrected chi connectivity index (χ2v) is 4.37. The molecule has 1 aliphatic carbocycles. The van der Waals surface area contributed by atoms with Crippen LogP contribution in [0.3, 0.4) is 0 Å². The summed E-state index contributed by atoms with van der Waals surface area (Å²) in [6.45, 7) is 5.78. The Labute approximate surface area is 101 Å². The highest BCUT2D eigenvalue weighted by Crippen LogP contribution is 2.40. The van der Waals surface area contributed by atoms with Crippen molar-refractivity contribution in [2.24, 2.45) is 7.05 Å². The maximum Gasteiger partial charge on any atom is 0.153 e. The third-order valence-electron chi connectivity index (χ3n) is 3.16. The minimum Gasteiger partial charge on any atom is -0.331 e. The van der Waals surface area contributed by atoms with E-state index in [1.165, 1.54) is 12.8 Å². The number of hydrogen-bond acceptors (Lipinski definition) is 1. The zero-order valence-electron chi connectivity index (χ0n) is 10.9. The van der Waals surface area contributed by atoms with E-state index in [0.717, 1.165) is 11.3 Å². The van der Waals surface area contributed by atoms with Gasteiger partial charge >= 0.3 is 0 Å². The molecule has 0 spiro atoms. The van der Waals surface area contributed by atoms with E-state index in [0.29, 0.717) is 17.0 Å². The fourth-order valence-electron chi connectivity index (χ4n) is 2.05. The van der Waals surface area contributed by atoms with Crippen molar-refractivity contribution in [3.63, 3.8) is 0 Å². The van der Waals surface area contributed by atoms with Crippen LogP contribution in [0.25, 0.3) is 11.0 Å². The fraction of sp³-hybridized carbons (Fsp3) is 0.500. The molecule has 92 valence electrons. The van der Waals surface area contributed by atoms with E-state index >= 15 is 0 Å². The molecule has 3 rings (SSSR count). The number of aromatic nitrogens is 2. The lowest BCUT2D eigenvalue weighted by Crippen LogP contribution is -1.94. The number of benzene rings is 1. The molecular formula is C14H19FN2. The summed E-state index contributed by atoms with van der Waals surface area (Å²) in [5.41, 5.74) is 2.10. The molecule has 0 aliphatic heterocycles. The number of nitrogens with zero attached hydrogens (tertiary/aromatic N) is 2. The number of halogens is 1. The van der Waals surface area contributed by atoms with Gasteiger partial charge in [-0.15, -0.1) is 0 Å². The number of imidazole rings is 1. The Kier molecular flexibility index (Phi) is 3.18. The van der Waals surface area contributed by atoms with Gasteiger partial charge in [0, 0.05) is 13.0 Å². The molecule has 0 radical (unpaired) electrons. The molecule has 2 aromatic rings. The van der Waals surface area contributed by atoms with Crippen molar-refractivity contribution in [1.29, 1.82) is 0 Å². The molecule has 1 heterocycles. The van der Waals surface area contributed by atoms with Gasteiger partial charge in [0.25, 0.3) is 0 Å². The van der Waals surface area contributed by atoms with Crippen molar-refractivity contribution in [2.45, 2.75) is 39.5 Å². The van der Waals surface area contributed by atoms with Crippen LogP contribution in [0.15, 0.2) is 12.1 Å². The first kappa shape index (κ1) is 12.1. The second kappa shape index (κ2) is 4.47. The van der Waals surface area contributed by atoms with E-state index < -0.39 is 0 Å². The van der Waals surface area contributed by atoms with Crippen molar-refractivity contribution >= 4 is 11.0 Å². The van der Waals surface area contributed by atoms with Crippen LogP contribution in [-0.4, -0.2) is 9.55 Å². The quantitative estimate of drug-likeness (QED) is 0.731. The lowest BCUT2D eigenvalue weighted by atomic mass is 10.2. The Morgan fingerprint density at radius 2 is 1.94 bits per heavy atom. The molecular weight excluding hydrogens is 215 g/mol. The molecule has 1 aliphatic rings. The molecule has 3 heteroatoms. The first-order chi connectivity index (χ1) is 8.18. The molecule has 0 unspecified atom stereocenters. The Hall–Kier alpha value is -1.38. The van der Waals surface area contributed by atoms with E-state index in [2.05, 4.69) is 4.98 Å². The van der Waals surface area contributed by atoms with Gasteiger partial charge in [0.05, 0.1) is 5.52 Å². The van der Waals surface area contributed by atoms with E-state index in [1.807, 2.05) is 37.6 Å². The van der Waals surface area contributed by atoms with E-state index in [4.69, 9.17) is 0 Å². The van der Waals surface area contributed by atoms with Crippen LogP contribution in [0.5, 0.6) is 0 Å². The minimum atomic E-state index is -0.171. The highest BCUT2D eigenvalue weighted by atomic mass is 19.1. The molecule has 0 atom stereocenters. The smallest absolute Gasteiger partial charge is 0.153 e. The largest absolute Gasteiger partial charge is 0.331 e. The summed E-state index contributed by atoms with van der Waals surface area (Å²) in [5.74, 6) is 1.42. The Balaban J connectivity index is 0.000000514. The van der Waals surface area contributed by atoms with Crippen molar-refractivity contribution in [3.05, 3.63) is 29.3 Å². The number of fused-ring (bicyclic) bond motifs is 1. The van der Waals surface area contributed by atoms with Crippen molar-refractivity contribution in [2.75, 3.05) is 0 Å². The van der Waals surface area contributed by atoms with E-state index in [9.17, 15) is 4.39 Å². The van der Waals surface area contributed by atoms with Crippen LogP contribution in [0.2, 0.25) is 0 Å². The summed E-state index contributed by atoms with van der Waals surface area (Å²) in [7, 11) is 1.97. The monoisotopic (exact) mass is 234 g/mol. The molecule has 2 nitrogen and oxygen atoms in total. The van der Waals surface area contributed by atoms with Crippen LogP contribution in [0.4, 0.5) is 4.39 Å². The third kappa shape index (κ3) is 1.94. The molecule has 0 N–H and O–H groups in total. The molecule has 1 fully saturated rings. The summed E-state index contributed by atoms with van der Waals surface area (Å²) in [6, 6.07) is 3.77. The van der Waals surface area contributed by atoms with Crippen molar-refractivity contribution < 1.29 is 4.39 Å². The number of hydrogen-bond donors (Lipinski definition) is 0. The van der Waals surface area contributed by atoms with Crippen LogP contribution < -0.4 is 0 Å². The average Bonchev–Trinajstić information content (AvgIpc) is 3.13. The van der Waals surface area contributed by atoms with Gasteiger partial charge in [0.15, 0.2) is 5.82 Å². The molecule has 1 saturated carbocycles. The Morgan fingerprint density at radius 1 is 1.29 bits per heavy atom. The summed E-state index contributed by atoms with van der Waals surface area (Å²) < 4.78 is 15.8. The van der Waals surface area contributed by atoms with Gasteiger partial charge in [-0.25, -0.2) is 9.37 Å². The minimum absolute atomic E-state index is 0.171. The fourth-order valence-corrected chi connectivity index (χ4v) is 2.05. The lowest BCUT2D eigenvalue weighted by molar-refractivity contribution is 0.628. The van der Waals surface area contributed by atoms with E-state index in [1.54, 1.807) is 6.92 Å². The van der Waals surface area contributed by atoms with Gasteiger partial charge < -0.3 is 4.57 Å². The summed E-state index contributed by atoms with van der Waals surface area (Å²) in [4.78, 5) is 4.42. The van der Waals surface area contributed by atoms with Gasteiger partial charge in [-0.3, -0.25) is 0 Å². The third-order valence-corrected chi connectivity index (χ3v) is 3.16. The highest BCUT2D eigenvalue weighted by molar-refractivity contribution is 5.77. The Bertz CT molecular complexity index is 539. The summed E-state index contributed by atoms with van der Waals surface area (Å²) >= 11 is 0. The topological polar surface area (TPSA) is 17.8 Å². The lowest BCUT2D eigenvalue weighted by Gasteiger charge is -1.99. The predicted molar refractivity (Wildman–Crippen MR) is 68.7 cm³/mol. The first-order valence-corrected chi connectivity index (χ1v) is 6.30. The van der Waals surface area contributed by atoms with Crippen molar-refractivity contribution in [1.82, 2.24) is 9.55 Å². The molecule has 1 aromatic heterocycles. The van der Waals surface area contributed by atoms with Gasteiger partial charge in [-0.05, 0) is 31.4 Å². The SMILES string of the molecule is CC.Cc1ccc2c(nc(C3CC3)n2C)c1F. The van der Waals surface area contributed by atoms with Crippen molar-refractivity contribution in [3.8, 4) is 0 Å². The zero-order chi connectivity index (χ0) is 12.6. The maximum atomic E-state index is 13.8. The standard InChI is InChI=1S/C12H13FN2.C2H6/c1-7-3-6-9-11(10(7)13)14-12(15(9)2)8-4-5-8;1-2/h3,6,8H,4-5H2,1-2H3;1-2H3. The zero-order valence-corrected chi connectivity index (χ0v) is 10.9. The Morgan fingerprint density at radius 3 is 2.53 bits per heavy atom. The summed E-state index contributed by atoms with van der Waals surface area (Å²) in [5, 5.41) is 0. The summed E-state index contributed by atoms with van der Waals surface area (Å²) in [6.07, 6.45) is 2.38. The highest BCUT2D eigenvalue weighted by Gasteiger charge is 2.29. The normalized spacial score (nSPS) is 14.6. The van der Waals surface area contributed by atoms with E-state index in [-0.39, 0.29) is 5.82 Å². The van der Waals surface area contributed by atoms with Gasteiger partial charge in [-0.1, -0.05) is 19.9 Å². The maximum absolute atomic E-state index is 13.8. The second-order valence-electron chi connectivity index (χ2n) is 4.37. The molecule has 0 bridgehead atoms. The molecule has 1 aromatic carbocycles.